The van der Waals surface area contributed by atoms with Crippen LogP contribution in [0.15, 0.2) is 118 Å². The number of hydrogen-bond acceptors (Lipinski definition) is 9. The van der Waals surface area contributed by atoms with Crippen molar-refractivity contribution in [2.75, 3.05) is 20.3 Å². The zero-order valence-electron chi connectivity index (χ0n) is 36.1. The van der Waals surface area contributed by atoms with Crippen LogP contribution in [0, 0.1) is 23.0 Å². The van der Waals surface area contributed by atoms with Crippen LogP contribution >= 0.6 is 0 Å². The number of halogens is 2. The molecule has 63 heavy (non-hydrogen) atoms. The number of amidine groups is 2. The average molecular weight is 883 g/mol. The lowest BCUT2D eigenvalue weighted by Crippen LogP contribution is -2.41. The van der Waals surface area contributed by atoms with Crippen molar-refractivity contribution in [3.8, 4) is 17.4 Å². The minimum atomic E-state index is -4.11. The van der Waals surface area contributed by atoms with Crippen LogP contribution < -0.4 is 15.2 Å². The molecule has 332 valence electrons. The maximum absolute atomic E-state index is 16.0. The average Bonchev–Trinajstić information content (AvgIpc) is 3.96. The summed E-state index contributed by atoms with van der Waals surface area (Å²) in [5.74, 6) is -2.16. The Balaban J connectivity index is 1.34. The fourth-order valence-electron chi connectivity index (χ4n) is 7.22. The molecule has 2 atom stereocenters. The molecule has 4 aromatic carbocycles. The van der Waals surface area contributed by atoms with Crippen LogP contribution in [-0.2, 0) is 38.0 Å². The summed E-state index contributed by atoms with van der Waals surface area (Å²) in [6.45, 7) is 9.60. The number of fused-ring (bicyclic) bond motifs is 1. The van der Waals surface area contributed by atoms with Gasteiger partial charge < -0.3 is 25.1 Å². The number of aromatic amines is 1. The Labute approximate surface area is 365 Å². The van der Waals surface area contributed by atoms with Gasteiger partial charge in [-0.05, 0) is 86.1 Å². The van der Waals surface area contributed by atoms with Gasteiger partial charge in [0.1, 0.15) is 17.4 Å². The second-order valence-corrected chi connectivity index (χ2v) is 18.1. The molecule has 0 bridgehead atoms. The zero-order chi connectivity index (χ0) is 45.5. The number of esters is 1. The van der Waals surface area contributed by atoms with Crippen molar-refractivity contribution in [2.45, 2.75) is 70.8 Å². The van der Waals surface area contributed by atoms with Crippen molar-refractivity contribution in [1.29, 1.82) is 0 Å². The third-order valence-corrected chi connectivity index (χ3v) is 12.7. The number of aromatic nitrogens is 3. The lowest BCUT2D eigenvalue weighted by molar-refractivity contribution is -0.147. The molecule has 0 saturated carbocycles. The van der Waals surface area contributed by atoms with Crippen molar-refractivity contribution < 1.29 is 41.3 Å². The van der Waals surface area contributed by atoms with Crippen molar-refractivity contribution in [1.82, 2.24) is 14.2 Å². The van der Waals surface area contributed by atoms with Gasteiger partial charge in [0.15, 0.2) is 17.4 Å². The summed E-state index contributed by atoms with van der Waals surface area (Å²) in [7, 11) is -2.67. The smallest absolute Gasteiger partial charge is 0.308 e. The molecule has 0 aliphatic rings. The van der Waals surface area contributed by atoms with E-state index in [4.69, 9.17) is 24.9 Å². The van der Waals surface area contributed by atoms with Crippen LogP contribution in [0.5, 0.6) is 17.4 Å². The lowest BCUT2D eigenvalue weighted by atomic mass is 9.72. The Kier molecular flexibility index (Phi) is 14.2. The molecule has 4 N–H and O–H groups in total. The zero-order valence-corrected chi connectivity index (χ0v) is 36.9. The van der Waals surface area contributed by atoms with E-state index in [0.717, 1.165) is 27.2 Å². The number of aliphatic hydroxyl groups is 1. The largest absolute Gasteiger partial charge is 0.477 e. The Morgan fingerprint density at radius 3 is 2.43 bits per heavy atom. The summed E-state index contributed by atoms with van der Waals surface area (Å²) in [6, 6.07) is 23.3. The quantitative estimate of drug-likeness (QED) is 0.0433. The molecule has 0 fully saturated rings. The van der Waals surface area contributed by atoms with Gasteiger partial charge in [0.2, 0.25) is 5.88 Å². The first-order valence-corrected chi connectivity index (χ1v) is 21.9. The number of nitrogens with two attached hydrogens (primary N) is 1. The highest BCUT2D eigenvalue weighted by atomic mass is 32.2. The summed E-state index contributed by atoms with van der Waals surface area (Å²) in [6.07, 6.45) is 4.39. The molecule has 6 rings (SSSR count). The second kappa shape index (κ2) is 19.3. The summed E-state index contributed by atoms with van der Waals surface area (Å²) in [5.41, 5.74) is 7.25. The highest BCUT2D eigenvalue weighted by molar-refractivity contribution is 7.90. The molecule has 13 nitrogen and oxygen atoms in total. The van der Waals surface area contributed by atoms with Gasteiger partial charge in [0, 0.05) is 41.7 Å². The number of aliphatic imine (C=N–C) groups is 2. The highest BCUT2D eigenvalue weighted by Gasteiger charge is 2.35. The fraction of sp³-hybridized carbons (Fsp3) is 0.319. The number of H-pyrrole nitrogens is 1. The highest BCUT2D eigenvalue weighted by Crippen LogP contribution is 2.38. The SMILES string of the molecule is CCOC(=O)C(C)Cc1cccc(C(C)(CCC(C)(C)COc2ccn[nH]2)C(N)=NC(=NC)c2cc(Oc3c(F)cc4c(ccn4S(=O)(=O)c4ccccc4)c3CO)ccc2F)c1. The van der Waals surface area contributed by atoms with E-state index in [0.29, 0.717) is 31.7 Å². The second-order valence-electron chi connectivity index (χ2n) is 16.2. The number of rotatable bonds is 18. The van der Waals surface area contributed by atoms with Gasteiger partial charge >= 0.3 is 5.97 Å². The number of carbonyl (C=O) groups is 1. The fourth-order valence-corrected chi connectivity index (χ4v) is 8.58. The van der Waals surface area contributed by atoms with Gasteiger partial charge in [-0.1, -0.05) is 63.2 Å². The van der Waals surface area contributed by atoms with Crippen molar-refractivity contribution in [3.05, 3.63) is 137 Å². The van der Waals surface area contributed by atoms with Crippen LogP contribution in [-0.4, -0.2) is 65.6 Å². The summed E-state index contributed by atoms with van der Waals surface area (Å²) < 4.78 is 76.9. The maximum atomic E-state index is 16.0. The van der Waals surface area contributed by atoms with Crippen LogP contribution in [0.25, 0.3) is 10.9 Å². The molecule has 16 heteroatoms. The minimum Gasteiger partial charge on any atom is -0.477 e. The number of aliphatic hydroxyl groups excluding tert-OH is 1. The summed E-state index contributed by atoms with van der Waals surface area (Å²) in [5, 5.41) is 17.5. The maximum Gasteiger partial charge on any atom is 0.308 e. The number of nitrogens with one attached hydrogen (secondary N) is 1. The van der Waals surface area contributed by atoms with Crippen LogP contribution in [0.4, 0.5) is 8.78 Å². The molecule has 2 heterocycles. The first-order valence-electron chi connectivity index (χ1n) is 20.4. The predicted molar refractivity (Wildman–Crippen MR) is 238 cm³/mol. The Morgan fingerprint density at radius 2 is 1.75 bits per heavy atom. The van der Waals surface area contributed by atoms with Gasteiger partial charge in [0.05, 0.1) is 47.9 Å². The van der Waals surface area contributed by atoms with E-state index >= 15 is 8.78 Å². The van der Waals surface area contributed by atoms with E-state index in [9.17, 15) is 18.3 Å². The monoisotopic (exact) mass is 882 g/mol. The molecule has 6 aromatic rings. The molecule has 2 aromatic heterocycles. The van der Waals surface area contributed by atoms with E-state index in [1.54, 1.807) is 37.4 Å². The Morgan fingerprint density at radius 1 is 0.984 bits per heavy atom. The molecular weight excluding hydrogens is 831 g/mol. The molecular formula is C47H52F2N6O7S. The van der Waals surface area contributed by atoms with Crippen LogP contribution in [0.1, 0.15) is 69.7 Å². The third-order valence-electron chi connectivity index (χ3n) is 11.0. The molecule has 2 unspecified atom stereocenters. The topological polar surface area (TPSA) is 183 Å². The molecule has 0 radical (unpaired) electrons. The van der Waals surface area contributed by atoms with E-state index in [1.165, 1.54) is 43.6 Å². The Bertz CT molecular complexity index is 2740. The summed E-state index contributed by atoms with van der Waals surface area (Å²) in [4.78, 5) is 21.6. The van der Waals surface area contributed by atoms with Crippen LogP contribution in [0.3, 0.4) is 0 Å². The number of carbonyl (C=O) groups excluding carboxylic acids is 1. The number of benzene rings is 4. The third kappa shape index (κ3) is 10.3. The molecule has 0 aliphatic carbocycles. The first kappa shape index (κ1) is 46.1. The lowest BCUT2D eigenvalue weighted by Gasteiger charge is -2.34. The number of hydrogen-bond donors (Lipinski definition) is 3. The number of nitrogens with zero attached hydrogens (tertiary/aromatic N) is 4. The first-order chi connectivity index (χ1) is 30.0. The van der Waals surface area contributed by atoms with Crippen molar-refractivity contribution in [3.63, 3.8) is 0 Å². The van der Waals surface area contributed by atoms with Gasteiger partial charge in [-0.25, -0.2) is 31.3 Å². The Hall–Kier alpha value is -6.39. The normalized spacial score (nSPS) is 14.0. The van der Waals surface area contributed by atoms with Crippen molar-refractivity contribution in [2.24, 2.45) is 27.1 Å². The minimum absolute atomic E-state index is 0.00134. The summed E-state index contributed by atoms with van der Waals surface area (Å²) >= 11 is 0. The molecule has 0 saturated heterocycles. The van der Waals surface area contributed by atoms with Gasteiger partial charge in [-0.2, -0.15) is 5.10 Å². The number of ether oxygens (including phenoxy) is 3. The molecule has 0 spiro atoms. The van der Waals surface area contributed by atoms with Crippen molar-refractivity contribution >= 4 is 38.6 Å². The van der Waals surface area contributed by atoms with E-state index < -0.39 is 39.6 Å². The van der Waals surface area contributed by atoms with E-state index in [-0.39, 0.29) is 68.1 Å². The van der Waals surface area contributed by atoms with Gasteiger partial charge in [-0.15, -0.1) is 0 Å². The molecule has 0 aliphatic heterocycles. The standard InChI is InChI=1S/C47H52F2N6O7S/c1-7-60-44(57)30(2)24-31-12-11-13-32(25-31)47(5,21-20-46(3,4)29-61-41-18-22-52-54-41)45(50)53-43(51-6)36-26-33(16-17-38(36)48)62-42-37(28-56)35-19-23-55(40(35)27-39(42)49)63(58,59)34-14-9-8-10-15-34/h8-19,22-23,25-27,30,56H,7,20-21,24,28-29H2,1-6H3,(H,52,54)(H2,50,51,53). The van der Waals surface area contributed by atoms with Crippen LogP contribution in [0.2, 0.25) is 0 Å². The van der Waals surface area contributed by atoms with Gasteiger partial charge in [0.25, 0.3) is 10.0 Å². The van der Waals surface area contributed by atoms with E-state index in [2.05, 4.69) is 29.0 Å². The molecule has 0 amide bonds. The van der Waals surface area contributed by atoms with E-state index in [1.807, 2.05) is 38.1 Å². The van der Waals surface area contributed by atoms with Gasteiger partial charge in [-0.3, -0.25) is 9.79 Å². The predicted octanol–water partition coefficient (Wildman–Crippen LogP) is 8.48.